The Kier molecular flexibility index (Phi) is 4.87. The van der Waals surface area contributed by atoms with E-state index in [2.05, 4.69) is 0 Å². The molecule has 0 spiro atoms. The lowest BCUT2D eigenvalue weighted by Crippen LogP contribution is -2.32. The predicted octanol–water partition coefficient (Wildman–Crippen LogP) is -0.848. The fourth-order valence-electron chi connectivity index (χ4n) is 2.40. The van der Waals surface area contributed by atoms with Crippen molar-refractivity contribution in [2.75, 3.05) is 33.4 Å². The van der Waals surface area contributed by atoms with Crippen LogP contribution >= 0.6 is 0 Å². The summed E-state index contributed by atoms with van der Waals surface area (Å²) in [7, 11) is 1.45. The quantitative estimate of drug-likeness (QED) is 0.521. The summed E-state index contributed by atoms with van der Waals surface area (Å²) in [4.78, 5) is 50.0. The Bertz CT molecular complexity index is 685. The number of β-amino-alcohol motifs (C(OH)–C–C–N with tert-alkyl or cyclic N) is 1. The highest BCUT2D eigenvalue weighted by molar-refractivity contribution is 6.22. The van der Waals surface area contributed by atoms with Crippen molar-refractivity contribution < 1.29 is 29.4 Å². The zero-order valence-corrected chi connectivity index (χ0v) is 12.5. The number of benzene rings is 1. The average Bonchev–Trinajstić information content (AvgIpc) is 2.78. The number of aliphatic hydroxyl groups is 2. The summed E-state index contributed by atoms with van der Waals surface area (Å²) in [6.07, 6.45) is 0.437. The number of aliphatic hydroxyl groups excluding tert-OH is 2. The van der Waals surface area contributed by atoms with Crippen molar-refractivity contribution in [3.8, 4) is 0 Å². The molecule has 1 heterocycles. The molecule has 3 amide bonds. The first-order valence-corrected chi connectivity index (χ1v) is 6.92. The summed E-state index contributed by atoms with van der Waals surface area (Å²) in [6, 6.07) is 2.42. The molecule has 0 atom stereocenters. The Labute approximate surface area is 131 Å². The number of carbonyl (C=O) groups is 4. The van der Waals surface area contributed by atoms with Crippen molar-refractivity contribution in [3.63, 3.8) is 0 Å². The average molecular weight is 320 g/mol. The third-order valence-corrected chi connectivity index (χ3v) is 3.60. The van der Waals surface area contributed by atoms with Gasteiger partial charge in [-0.2, -0.15) is 0 Å². The largest absolute Gasteiger partial charge is 0.395 e. The number of hydrogen-bond acceptors (Lipinski definition) is 6. The first-order valence-electron chi connectivity index (χ1n) is 6.92. The molecule has 0 saturated carbocycles. The standard InChI is InChI=1S/C15H16N2O6/c1-16(2-4-18)13(21)10-7-12-11(6-9(10)8-20)14(22)17(3-5-19)15(12)23/h6-8,18-19H,2-5H2,1H3. The molecule has 23 heavy (non-hydrogen) atoms. The summed E-state index contributed by atoms with van der Waals surface area (Å²) >= 11 is 0. The first kappa shape index (κ1) is 16.8. The van der Waals surface area contributed by atoms with Crippen LogP contribution in [0.5, 0.6) is 0 Å². The van der Waals surface area contributed by atoms with E-state index >= 15 is 0 Å². The van der Waals surface area contributed by atoms with Crippen LogP contribution in [0.2, 0.25) is 0 Å². The second-order valence-electron chi connectivity index (χ2n) is 5.04. The Hall–Kier alpha value is -2.58. The van der Waals surface area contributed by atoms with E-state index in [1.54, 1.807) is 0 Å². The molecule has 1 aliphatic heterocycles. The maximum Gasteiger partial charge on any atom is 0.261 e. The van der Waals surface area contributed by atoms with E-state index in [-0.39, 0.29) is 48.6 Å². The number of fused-ring (bicyclic) bond motifs is 1. The maximum atomic E-state index is 12.3. The molecule has 0 aliphatic carbocycles. The van der Waals surface area contributed by atoms with Crippen molar-refractivity contribution >= 4 is 24.0 Å². The minimum Gasteiger partial charge on any atom is -0.395 e. The first-order chi connectivity index (χ1) is 11.0. The van der Waals surface area contributed by atoms with Crippen LogP contribution in [-0.4, -0.2) is 77.4 Å². The van der Waals surface area contributed by atoms with Gasteiger partial charge in [0.25, 0.3) is 17.7 Å². The fourth-order valence-corrected chi connectivity index (χ4v) is 2.40. The van der Waals surface area contributed by atoms with Gasteiger partial charge in [0, 0.05) is 19.2 Å². The van der Waals surface area contributed by atoms with E-state index in [1.165, 1.54) is 24.1 Å². The molecule has 2 N–H and O–H groups in total. The fraction of sp³-hybridized carbons (Fsp3) is 0.333. The van der Waals surface area contributed by atoms with Gasteiger partial charge in [0.05, 0.1) is 36.4 Å². The zero-order chi connectivity index (χ0) is 17.1. The molecule has 0 fully saturated rings. The van der Waals surface area contributed by atoms with Crippen LogP contribution in [-0.2, 0) is 0 Å². The second-order valence-corrected chi connectivity index (χ2v) is 5.04. The number of hydrogen-bond donors (Lipinski definition) is 2. The predicted molar refractivity (Wildman–Crippen MR) is 78.3 cm³/mol. The van der Waals surface area contributed by atoms with Crippen LogP contribution in [0, 0.1) is 0 Å². The van der Waals surface area contributed by atoms with Crippen LogP contribution in [0.1, 0.15) is 41.4 Å². The molecule has 0 radical (unpaired) electrons. The van der Waals surface area contributed by atoms with Crippen molar-refractivity contribution in [1.29, 1.82) is 0 Å². The number of carbonyl (C=O) groups excluding carboxylic acids is 4. The van der Waals surface area contributed by atoms with Gasteiger partial charge in [-0.05, 0) is 12.1 Å². The maximum absolute atomic E-state index is 12.3. The lowest BCUT2D eigenvalue weighted by molar-refractivity contribution is 0.0624. The molecule has 1 aliphatic rings. The van der Waals surface area contributed by atoms with Gasteiger partial charge in [-0.1, -0.05) is 0 Å². The van der Waals surface area contributed by atoms with E-state index in [0.717, 1.165) is 4.90 Å². The van der Waals surface area contributed by atoms with Gasteiger partial charge in [0.2, 0.25) is 0 Å². The molecular formula is C15H16N2O6. The van der Waals surface area contributed by atoms with E-state index in [4.69, 9.17) is 10.2 Å². The molecule has 8 heteroatoms. The lowest BCUT2D eigenvalue weighted by Gasteiger charge is -2.17. The molecule has 1 aromatic carbocycles. The Morgan fingerprint density at radius 3 is 2.30 bits per heavy atom. The summed E-state index contributed by atoms with van der Waals surface area (Å²) in [5.74, 6) is -1.76. The third kappa shape index (κ3) is 2.86. The monoisotopic (exact) mass is 320 g/mol. The zero-order valence-electron chi connectivity index (χ0n) is 12.5. The topological polar surface area (TPSA) is 115 Å². The van der Waals surface area contributed by atoms with Gasteiger partial charge in [0.15, 0.2) is 6.29 Å². The Morgan fingerprint density at radius 2 is 1.78 bits per heavy atom. The number of imide groups is 1. The van der Waals surface area contributed by atoms with Gasteiger partial charge >= 0.3 is 0 Å². The highest BCUT2D eigenvalue weighted by Crippen LogP contribution is 2.26. The second kappa shape index (κ2) is 6.67. The molecule has 0 bridgehead atoms. The van der Waals surface area contributed by atoms with Crippen molar-refractivity contribution in [2.45, 2.75) is 0 Å². The highest BCUT2D eigenvalue weighted by Gasteiger charge is 2.36. The number of amides is 3. The van der Waals surface area contributed by atoms with E-state index in [9.17, 15) is 19.2 Å². The summed E-state index contributed by atoms with van der Waals surface area (Å²) in [6.45, 7) is -0.712. The third-order valence-electron chi connectivity index (χ3n) is 3.60. The molecular weight excluding hydrogens is 304 g/mol. The lowest BCUT2D eigenvalue weighted by atomic mass is 9.99. The van der Waals surface area contributed by atoms with Gasteiger partial charge in [-0.25, -0.2) is 0 Å². The number of nitrogens with zero attached hydrogens (tertiary/aromatic N) is 2. The van der Waals surface area contributed by atoms with Crippen LogP contribution in [0.15, 0.2) is 12.1 Å². The molecule has 0 saturated heterocycles. The summed E-state index contributed by atoms with van der Waals surface area (Å²) in [5.41, 5.74) is 0.0361. The van der Waals surface area contributed by atoms with Crippen LogP contribution in [0.25, 0.3) is 0 Å². The van der Waals surface area contributed by atoms with Gasteiger partial charge in [0.1, 0.15) is 0 Å². The van der Waals surface area contributed by atoms with Gasteiger partial charge in [-0.15, -0.1) is 0 Å². The summed E-state index contributed by atoms with van der Waals surface area (Å²) in [5, 5.41) is 17.8. The van der Waals surface area contributed by atoms with Crippen molar-refractivity contribution in [3.05, 3.63) is 34.4 Å². The Morgan fingerprint density at radius 1 is 1.17 bits per heavy atom. The van der Waals surface area contributed by atoms with E-state index in [0.29, 0.717) is 6.29 Å². The Balaban J connectivity index is 2.50. The minimum absolute atomic E-state index is 0.00876. The highest BCUT2D eigenvalue weighted by atomic mass is 16.3. The van der Waals surface area contributed by atoms with Crippen LogP contribution in [0.4, 0.5) is 0 Å². The molecule has 0 aromatic heterocycles. The molecule has 1 aromatic rings. The van der Waals surface area contributed by atoms with Crippen molar-refractivity contribution in [1.82, 2.24) is 9.80 Å². The number of rotatable bonds is 6. The molecule has 122 valence electrons. The molecule has 8 nitrogen and oxygen atoms in total. The van der Waals surface area contributed by atoms with Crippen LogP contribution < -0.4 is 0 Å². The van der Waals surface area contributed by atoms with Crippen LogP contribution in [0.3, 0.4) is 0 Å². The van der Waals surface area contributed by atoms with Crippen molar-refractivity contribution in [2.24, 2.45) is 0 Å². The molecule has 0 unspecified atom stereocenters. The number of aldehydes is 1. The minimum atomic E-state index is -0.615. The van der Waals surface area contributed by atoms with Gasteiger partial charge in [-0.3, -0.25) is 24.1 Å². The normalized spacial score (nSPS) is 13.3. The van der Waals surface area contributed by atoms with E-state index < -0.39 is 17.7 Å². The SMILES string of the molecule is CN(CCO)C(=O)c1cc2c(cc1C=O)C(=O)N(CCO)C2=O. The summed E-state index contributed by atoms with van der Waals surface area (Å²) < 4.78 is 0. The molecule has 2 rings (SSSR count). The smallest absolute Gasteiger partial charge is 0.261 e. The number of likely N-dealkylation sites (N-methyl/N-ethyl adjacent to an activating group) is 1. The van der Waals surface area contributed by atoms with Gasteiger partial charge < -0.3 is 15.1 Å². The van der Waals surface area contributed by atoms with E-state index in [1.807, 2.05) is 0 Å².